The van der Waals surface area contributed by atoms with E-state index < -0.39 is 11.8 Å². The van der Waals surface area contributed by atoms with Gasteiger partial charge in [0, 0.05) is 12.8 Å². The Morgan fingerprint density at radius 2 is 1.84 bits per heavy atom. The van der Waals surface area contributed by atoms with Crippen molar-refractivity contribution in [1.82, 2.24) is 5.48 Å². The molecule has 2 aliphatic carbocycles. The maximum Gasteiger partial charge on any atom is 0.431 e. The van der Waals surface area contributed by atoms with Crippen LogP contribution in [0.4, 0.5) is 4.79 Å². The van der Waals surface area contributed by atoms with Crippen molar-refractivity contribution < 1.29 is 19.2 Å². The zero-order chi connectivity index (χ0) is 13.6. The zero-order valence-corrected chi connectivity index (χ0v) is 11.0. The van der Waals surface area contributed by atoms with Crippen LogP contribution in [0.1, 0.15) is 57.8 Å². The van der Waals surface area contributed by atoms with Crippen LogP contribution < -0.4 is 5.48 Å². The van der Waals surface area contributed by atoms with E-state index in [1.54, 1.807) is 0 Å². The van der Waals surface area contributed by atoms with Crippen LogP contribution >= 0.6 is 0 Å². The highest BCUT2D eigenvalue weighted by molar-refractivity contribution is 5.66. The Kier molecular flexibility index (Phi) is 4.93. The minimum atomic E-state index is -0.950. The van der Waals surface area contributed by atoms with Crippen molar-refractivity contribution in [2.75, 3.05) is 0 Å². The van der Waals surface area contributed by atoms with Gasteiger partial charge < -0.3 is 4.74 Å². The quantitative estimate of drug-likeness (QED) is 0.483. The van der Waals surface area contributed by atoms with Crippen LogP contribution in [0.25, 0.3) is 0 Å². The van der Waals surface area contributed by atoms with Crippen molar-refractivity contribution in [2.45, 2.75) is 69.6 Å². The molecule has 0 heterocycles. The number of hydrogen-bond donors (Lipinski definition) is 1. The lowest BCUT2D eigenvalue weighted by molar-refractivity contribution is -0.114. The van der Waals surface area contributed by atoms with Crippen molar-refractivity contribution in [1.29, 1.82) is 0 Å². The minimum Gasteiger partial charge on any atom is -0.445 e. The molecule has 0 spiro atoms. The average molecular weight is 268 g/mol. The van der Waals surface area contributed by atoms with Crippen LogP contribution in [-0.4, -0.2) is 24.0 Å². The summed E-state index contributed by atoms with van der Waals surface area (Å²) in [7, 11) is 0. The van der Waals surface area contributed by atoms with Crippen molar-refractivity contribution in [3.8, 4) is 0 Å². The number of hydroxylamine groups is 1. The summed E-state index contributed by atoms with van der Waals surface area (Å²) >= 11 is 0. The number of aliphatic imine (C=N–C) groups is 1. The maximum absolute atomic E-state index is 11.6. The Bertz CT molecular complexity index is 354. The Balaban J connectivity index is 1.80. The molecule has 0 atom stereocenters. The molecule has 0 saturated heterocycles. The first-order valence-corrected chi connectivity index (χ1v) is 6.98. The van der Waals surface area contributed by atoms with Gasteiger partial charge in [-0.3, -0.25) is 0 Å². The van der Waals surface area contributed by atoms with Crippen molar-refractivity contribution >= 4 is 12.2 Å². The van der Waals surface area contributed by atoms with Gasteiger partial charge in [-0.15, -0.1) is 0 Å². The third-order valence-electron chi connectivity index (χ3n) is 3.78. The first-order valence-electron chi connectivity index (χ1n) is 6.98. The lowest BCUT2D eigenvalue weighted by atomic mass is 9.92. The van der Waals surface area contributed by atoms with Crippen LogP contribution in [0.3, 0.4) is 0 Å². The van der Waals surface area contributed by atoms with Gasteiger partial charge in [0.1, 0.15) is 6.10 Å². The summed E-state index contributed by atoms with van der Waals surface area (Å²) in [6, 6.07) is 0. The molecule has 106 valence electrons. The molecule has 6 heteroatoms. The van der Waals surface area contributed by atoms with Crippen LogP contribution in [-0.2, 0) is 14.4 Å². The number of nitrogens with one attached hydrogen (secondary N) is 1. The summed E-state index contributed by atoms with van der Waals surface area (Å²) in [5.41, 5.74) is 1.32. The molecule has 2 aliphatic rings. The van der Waals surface area contributed by atoms with E-state index in [-0.39, 0.29) is 6.10 Å². The molecular weight excluding hydrogens is 248 g/mol. The van der Waals surface area contributed by atoms with Gasteiger partial charge in [0.25, 0.3) is 0 Å². The number of ether oxygens (including phenoxy) is 1. The first-order chi connectivity index (χ1) is 9.24. The van der Waals surface area contributed by atoms with E-state index >= 15 is 0 Å². The molecule has 0 aromatic carbocycles. The number of isocyanates is 1. The molecule has 2 saturated carbocycles. The van der Waals surface area contributed by atoms with E-state index in [0.29, 0.717) is 12.8 Å². The molecule has 0 aliphatic heterocycles. The fourth-order valence-corrected chi connectivity index (χ4v) is 2.74. The molecule has 1 N–H and O–H groups in total. The number of carbonyl (C=O) groups is 1. The predicted octanol–water partition coefficient (Wildman–Crippen LogP) is 2.58. The van der Waals surface area contributed by atoms with Gasteiger partial charge in [0.15, 0.2) is 5.72 Å². The van der Waals surface area contributed by atoms with Gasteiger partial charge in [-0.2, -0.15) is 10.5 Å². The normalized spacial score (nSPS) is 22.5. The fraction of sp³-hybridized carbons (Fsp3) is 0.846. The molecule has 0 aromatic rings. The molecule has 2 fully saturated rings. The summed E-state index contributed by atoms with van der Waals surface area (Å²) in [6.07, 6.45) is 9.09. The predicted molar refractivity (Wildman–Crippen MR) is 66.9 cm³/mol. The van der Waals surface area contributed by atoms with E-state index in [9.17, 15) is 9.59 Å². The number of nitrogens with zero attached hydrogens (tertiary/aromatic N) is 1. The van der Waals surface area contributed by atoms with Crippen molar-refractivity contribution in [3.63, 3.8) is 0 Å². The van der Waals surface area contributed by atoms with E-state index in [1.165, 1.54) is 6.08 Å². The fourth-order valence-electron chi connectivity index (χ4n) is 2.74. The van der Waals surface area contributed by atoms with Crippen molar-refractivity contribution in [2.24, 2.45) is 4.99 Å². The Hall–Kier alpha value is -1.39. The third kappa shape index (κ3) is 4.04. The van der Waals surface area contributed by atoms with Gasteiger partial charge in [-0.05, 0) is 38.5 Å². The molecule has 2 rings (SSSR count). The average Bonchev–Trinajstić information content (AvgIpc) is 2.91. The molecule has 0 unspecified atom stereocenters. The topological polar surface area (TPSA) is 77.0 Å². The monoisotopic (exact) mass is 268 g/mol. The molecule has 6 nitrogen and oxygen atoms in total. The SMILES string of the molecule is O=C=NC1(ONC(=O)OC2CCCC2)CCCCC1. The van der Waals surface area contributed by atoms with Crippen LogP contribution in [0.2, 0.25) is 0 Å². The van der Waals surface area contributed by atoms with E-state index in [4.69, 9.17) is 9.57 Å². The molecule has 0 radical (unpaired) electrons. The van der Waals surface area contributed by atoms with Crippen LogP contribution in [0.15, 0.2) is 4.99 Å². The highest BCUT2D eigenvalue weighted by Gasteiger charge is 2.34. The Morgan fingerprint density at radius 1 is 1.16 bits per heavy atom. The maximum atomic E-state index is 11.6. The van der Waals surface area contributed by atoms with Gasteiger partial charge in [0.2, 0.25) is 6.08 Å². The van der Waals surface area contributed by atoms with E-state index in [1.807, 2.05) is 0 Å². The number of carbonyl (C=O) groups excluding carboxylic acids is 2. The van der Waals surface area contributed by atoms with E-state index in [0.717, 1.165) is 44.9 Å². The van der Waals surface area contributed by atoms with Gasteiger partial charge >= 0.3 is 6.09 Å². The minimum absolute atomic E-state index is 0.0134. The highest BCUT2D eigenvalue weighted by Crippen LogP contribution is 2.31. The molecule has 0 aromatic heterocycles. The standard InChI is InChI=1S/C13H20N2O4/c16-10-14-13(8-4-1-5-9-13)19-15-12(17)18-11-6-2-3-7-11/h11H,1-9H2,(H,15,17). The van der Waals surface area contributed by atoms with Crippen LogP contribution in [0, 0.1) is 0 Å². The smallest absolute Gasteiger partial charge is 0.431 e. The Morgan fingerprint density at radius 3 is 2.47 bits per heavy atom. The van der Waals surface area contributed by atoms with Gasteiger partial charge in [-0.25, -0.2) is 14.4 Å². The summed E-state index contributed by atoms with van der Waals surface area (Å²) < 4.78 is 5.21. The number of rotatable bonds is 4. The van der Waals surface area contributed by atoms with Crippen LogP contribution in [0.5, 0.6) is 0 Å². The first kappa shape index (κ1) is 14.0. The Labute approximate surface area is 112 Å². The van der Waals surface area contributed by atoms with Crippen molar-refractivity contribution in [3.05, 3.63) is 0 Å². The lowest BCUT2D eigenvalue weighted by Gasteiger charge is -2.31. The van der Waals surface area contributed by atoms with E-state index in [2.05, 4.69) is 10.5 Å². The second-order valence-corrected chi connectivity index (χ2v) is 5.23. The number of amides is 1. The van der Waals surface area contributed by atoms with Gasteiger partial charge in [0.05, 0.1) is 0 Å². The van der Waals surface area contributed by atoms with Gasteiger partial charge in [-0.1, -0.05) is 6.42 Å². The molecular formula is C13H20N2O4. The second kappa shape index (κ2) is 6.68. The zero-order valence-electron chi connectivity index (χ0n) is 11.0. The number of hydrogen-bond acceptors (Lipinski definition) is 5. The largest absolute Gasteiger partial charge is 0.445 e. The molecule has 0 bridgehead atoms. The summed E-state index contributed by atoms with van der Waals surface area (Å²) in [5.74, 6) is 0. The third-order valence-corrected chi connectivity index (χ3v) is 3.78. The second-order valence-electron chi connectivity index (χ2n) is 5.23. The molecule has 19 heavy (non-hydrogen) atoms. The summed E-state index contributed by atoms with van der Waals surface area (Å²) in [6.45, 7) is 0. The lowest BCUT2D eigenvalue weighted by Crippen LogP contribution is -2.41. The summed E-state index contributed by atoms with van der Waals surface area (Å²) in [4.78, 5) is 31.1. The highest BCUT2D eigenvalue weighted by atomic mass is 16.7. The molecule has 1 amide bonds. The summed E-state index contributed by atoms with van der Waals surface area (Å²) in [5, 5.41) is 0.